The molecule has 110 valence electrons. The van der Waals surface area contributed by atoms with Crippen molar-refractivity contribution in [2.75, 3.05) is 13.1 Å². The first-order valence-corrected chi connectivity index (χ1v) is 8.09. The van der Waals surface area contributed by atoms with Gasteiger partial charge < -0.3 is 0 Å². The maximum Gasteiger partial charge on any atom is 0.0233 e. The van der Waals surface area contributed by atoms with E-state index in [-0.39, 0.29) is 0 Å². The van der Waals surface area contributed by atoms with E-state index in [9.17, 15) is 0 Å². The Balaban J connectivity index is 1.72. The summed E-state index contributed by atoms with van der Waals surface area (Å²) < 4.78 is 0. The van der Waals surface area contributed by atoms with Crippen LogP contribution in [0.15, 0.2) is 48.5 Å². The van der Waals surface area contributed by atoms with E-state index in [0.29, 0.717) is 0 Å². The summed E-state index contributed by atoms with van der Waals surface area (Å²) in [5.74, 6) is 0.903. The molecule has 1 heteroatoms. The Morgan fingerprint density at radius 1 is 0.952 bits per heavy atom. The van der Waals surface area contributed by atoms with E-state index < -0.39 is 0 Å². The predicted molar refractivity (Wildman–Crippen MR) is 90.3 cm³/mol. The minimum Gasteiger partial charge on any atom is -0.299 e. The van der Waals surface area contributed by atoms with Gasteiger partial charge in [-0.1, -0.05) is 55.0 Å². The molecule has 0 atom stereocenters. The Morgan fingerprint density at radius 2 is 1.67 bits per heavy atom. The monoisotopic (exact) mass is 279 g/mol. The van der Waals surface area contributed by atoms with Crippen molar-refractivity contribution in [3.05, 3.63) is 59.7 Å². The molecular weight excluding hydrogens is 254 g/mol. The Morgan fingerprint density at radius 3 is 2.38 bits per heavy atom. The van der Waals surface area contributed by atoms with Gasteiger partial charge in [-0.25, -0.2) is 0 Å². The van der Waals surface area contributed by atoms with E-state index in [0.717, 1.165) is 12.5 Å². The first-order chi connectivity index (χ1) is 10.2. The molecule has 0 aromatic heterocycles. The quantitative estimate of drug-likeness (QED) is 0.773. The van der Waals surface area contributed by atoms with E-state index in [1.807, 2.05) is 0 Å². The maximum absolute atomic E-state index is 2.59. The Kier molecular flexibility index (Phi) is 4.40. The first kappa shape index (κ1) is 14.3. The fourth-order valence-electron chi connectivity index (χ4n) is 3.07. The summed E-state index contributed by atoms with van der Waals surface area (Å²) >= 11 is 0. The van der Waals surface area contributed by atoms with Crippen molar-refractivity contribution in [3.8, 4) is 11.1 Å². The highest BCUT2D eigenvalue weighted by Crippen LogP contribution is 2.23. The van der Waals surface area contributed by atoms with Gasteiger partial charge in [0.25, 0.3) is 0 Å². The number of aryl methyl sites for hydroxylation is 1. The molecule has 3 rings (SSSR count). The lowest BCUT2D eigenvalue weighted by Gasteiger charge is -2.30. The average Bonchev–Trinajstić information content (AvgIpc) is 2.51. The van der Waals surface area contributed by atoms with Gasteiger partial charge in [-0.3, -0.25) is 4.90 Å². The van der Waals surface area contributed by atoms with Crippen LogP contribution in [-0.2, 0) is 6.54 Å². The van der Waals surface area contributed by atoms with Gasteiger partial charge in [0.1, 0.15) is 0 Å². The number of hydrogen-bond acceptors (Lipinski definition) is 1. The topological polar surface area (TPSA) is 3.24 Å². The number of benzene rings is 2. The minimum atomic E-state index is 0.903. The second-order valence-corrected chi connectivity index (χ2v) is 6.53. The number of nitrogens with zero attached hydrogens (tertiary/aromatic N) is 1. The highest BCUT2D eigenvalue weighted by molar-refractivity contribution is 5.64. The zero-order valence-electron chi connectivity index (χ0n) is 13.2. The summed E-state index contributed by atoms with van der Waals surface area (Å²) in [6, 6.07) is 17.8. The minimum absolute atomic E-state index is 0.903. The standard InChI is InChI=1S/C20H25N/c1-16-6-8-19(9-7-16)20-5-3-4-18(14-20)15-21-12-10-17(2)11-13-21/h3-9,14,17H,10-13,15H2,1-2H3. The Bertz CT molecular complexity index is 577. The molecule has 1 heterocycles. The van der Waals surface area contributed by atoms with Crippen LogP contribution in [0.5, 0.6) is 0 Å². The second-order valence-electron chi connectivity index (χ2n) is 6.53. The van der Waals surface area contributed by atoms with Gasteiger partial charge in [0.15, 0.2) is 0 Å². The van der Waals surface area contributed by atoms with Gasteiger partial charge in [-0.2, -0.15) is 0 Å². The van der Waals surface area contributed by atoms with Gasteiger partial charge in [0.2, 0.25) is 0 Å². The van der Waals surface area contributed by atoms with Gasteiger partial charge in [0, 0.05) is 6.54 Å². The number of piperidine rings is 1. The van der Waals surface area contributed by atoms with E-state index >= 15 is 0 Å². The lowest BCUT2D eigenvalue weighted by atomic mass is 9.98. The molecule has 2 aromatic carbocycles. The van der Waals surface area contributed by atoms with E-state index in [1.165, 1.54) is 48.2 Å². The van der Waals surface area contributed by atoms with Crippen LogP contribution in [0, 0.1) is 12.8 Å². The van der Waals surface area contributed by atoms with Crippen LogP contribution in [0.1, 0.15) is 30.9 Å². The molecule has 0 radical (unpaired) electrons. The van der Waals surface area contributed by atoms with E-state index in [4.69, 9.17) is 0 Å². The molecule has 1 fully saturated rings. The summed E-state index contributed by atoms with van der Waals surface area (Å²) in [5.41, 5.74) is 5.40. The fourth-order valence-corrected chi connectivity index (χ4v) is 3.07. The average molecular weight is 279 g/mol. The van der Waals surface area contributed by atoms with Crippen molar-refractivity contribution in [3.63, 3.8) is 0 Å². The molecule has 1 aliphatic rings. The molecule has 0 saturated carbocycles. The summed E-state index contributed by atoms with van der Waals surface area (Å²) in [6.45, 7) is 8.09. The maximum atomic E-state index is 2.59. The van der Waals surface area contributed by atoms with Crippen molar-refractivity contribution in [2.24, 2.45) is 5.92 Å². The van der Waals surface area contributed by atoms with Gasteiger partial charge in [0.05, 0.1) is 0 Å². The van der Waals surface area contributed by atoms with Crippen LogP contribution < -0.4 is 0 Å². The van der Waals surface area contributed by atoms with Crippen molar-refractivity contribution in [1.29, 1.82) is 0 Å². The largest absolute Gasteiger partial charge is 0.299 e. The molecule has 0 unspecified atom stereocenters. The molecule has 2 aromatic rings. The molecule has 1 aliphatic heterocycles. The smallest absolute Gasteiger partial charge is 0.0233 e. The third-order valence-corrected chi connectivity index (χ3v) is 4.59. The van der Waals surface area contributed by atoms with Gasteiger partial charge >= 0.3 is 0 Å². The second kappa shape index (κ2) is 6.44. The van der Waals surface area contributed by atoms with Crippen molar-refractivity contribution in [2.45, 2.75) is 33.2 Å². The SMILES string of the molecule is Cc1ccc(-c2cccc(CN3CCC(C)CC3)c2)cc1. The normalized spacial score (nSPS) is 17.0. The highest BCUT2D eigenvalue weighted by Gasteiger charge is 2.15. The van der Waals surface area contributed by atoms with Crippen LogP contribution in [-0.4, -0.2) is 18.0 Å². The zero-order valence-corrected chi connectivity index (χ0v) is 13.2. The van der Waals surface area contributed by atoms with Crippen LogP contribution in [0.2, 0.25) is 0 Å². The lowest BCUT2D eigenvalue weighted by Crippen LogP contribution is -2.32. The van der Waals surface area contributed by atoms with Gasteiger partial charge in [-0.15, -0.1) is 0 Å². The Hall–Kier alpha value is -1.60. The van der Waals surface area contributed by atoms with Crippen LogP contribution in [0.4, 0.5) is 0 Å². The number of likely N-dealkylation sites (tertiary alicyclic amines) is 1. The third-order valence-electron chi connectivity index (χ3n) is 4.59. The molecular formula is C20H25N. The van der Waals surface area contributed by atoms with Crippen LogP contribution in [0.25, 0.3) is 11.1 Å². The molecule has 0 bridgehead atoms. The summed E-state index contributed by atoms with van der Waals surface area (Å²) in [7, 11) is 0. The van der Waals surface area contributed by atoms with E-state index in [1.54, 1.807) is 0 Å². The molecule has 1 nitrogen and oxygen atoms in total. The Labute approximate surface area is 128 Å². The van der Waals surface area contributed by atoms with Crippen LogP contribution in [0.3, 0.4) is 0 Å². The fraction of sp³-hybridized carbons (Fsp3) is 0.400. The molecule has 21 heavy (non-hydrogen) atoms. The highest BCUT2D eigenvalue weighted by atomic mass is 15.1. The molecule has 1 saturated heterocycles. The summed E-state index contributed by atoms with van der Waals surface area (Å²) in [6.07, 6.45) is 2.69. The van der Waals surface area contributed by atoms with E-state index in [2.05, 4.69) is 67.3 Å². The summed E-state index contributed by atoms with van der Waals surface area (Å²) in [4.78, 5) is 2.59. The van der Waals surface area contributed by atoms with Crippen molar-refractivity contribution in [1.82, 2.24) is 4.90 Å². The molecule has 0 aliphatic carbocycles. The van der Waals surface area contributed by atoms with Gasteiger partial charge in [-0.05, 0) is 61.5 Å². The summed E-state index contributed by atoms with van der Waals surface area (Å²) in [5, 5.41) is 0. The van der Waals surface area contributed by atoms with Crippen molar-refractivity contribution < 1.29 is 0 Å². The van der Waals surface area contributed by atoms with Crippen LogP contribution >= 0.6 is 0 Å². The predicted octanol–water partition coefficient (Wildman–Crippen LogP) is 4.89. The number of rotatable bonds is 3. The zero-order chi connectivity index (χ0) is 14.7. The first-order valence-electron chi connectivity index (χ1n) is 8.09. The lowest BCUT2D eigenvalue weighted by molar-refractivity contribution is 0.185. The van der Waals surface area contributed by atoms with Crippen molar-refractivity contribution >= 4 is 0 Å². The third kappa shape index (κ3) is 3.74. The molecule has 0 N–H and O–H groups in total. The molecule has 0 spiro atoms. The molecule has 0 amide bonds. The number of hydrogen-bond donors (Lipinski definition) is 0.